The van der Waals surface area contributed by atoms with E-state index >= 15 is 0 Å². The van der Waals surface area contributed by atoms with Crippen molar-refractivity contribution in [1.82, 2.24) is 15.5 Å². The van der Waals surface area contributed by atoms with Gasteiger partial charge in [0.2, 0.25) is 11.8 Å². The lowest BCUT2D eigenvalue weighted by molar-refractivity contribution is -0.134. The van der Waals surface area contributed by atoms with Gasteiger partial charge in [-0.2, -0.15) is 0 Å². The average molecular weight is 373 g/mol. The first-order valence-electron chi connectivity index (χ1n) is 9.14. The summed E-state index contributed by atoms with van der Waals surface area (Å²) in [6.07, 6.45) is 0.508. The van der Waals surface area contributed by atoms with Crippen LogP contribution in [-0.2, 0) is 20.7 Å². The first-order chi connectivity index (χ1) is 12.6. The highest BCUT2D eigenvalue weighted by molar-refractivity contribution is 5.98. The van der Waals surface area contributed by atoms with E-state index in [-0.39, 0.29) is 37.4 Å². The topological polar surface area (TPSA) is 87.7 Å². The molecular formula is C20H27N3O4. The van der Waals surface area contributed by atoms with Crippen molar-refractivity contribution < 1.29 is 19.1 Å². The number of fused-ring (bicyclic) bond motifs is 1. The second-order valence-corrected chi connectivity index (χ2v) is 8.44. The largest absolute Gasteiger partial charge is 0.375 e. The van der Waals surface area contributed by atoms with Crippen LogP contribution in [0.3, 0.4) is 0 Å². The Morgan fingerprint density at radius 3 is 2.70 bits per heavy atom. The van der Waals surface area contributed by atoms with Crippen LogP contribution in [0.5, 0.6) is 0 Å². The number of benzene rings is 1. The lowest BCUT2D eigenvalue weighted by atomic mass is 9.76. The smallest absolute Gasteiger partial charge is 0.252 e. The second-order valence-electron chi connectivity index (χ2n) is 8.44. The van der Waals surface area contributed by atoms with Gasteiger partial charge in [0.15, 0.2) is 0 Å². The van der Waals surface area contributed by atoms with Crippen molar-refractivity contribution in [3.8, 4) is 0 Å². The van der Waals surface area contributed by atoms with Crippen LogP contribution in [0, 0.1) is 5.92 Å². The third-order valence-electron chi connectivity index (χ3n) is 5.11. The van der Waals surface area contributed by atoms with E-state index in [1.165, 1.54) is 7.11 Å². The van der Waals surface area contributed by atoms with Gasteiger partial charge < -0.3 is 20.3 Å². The van der Waals surface area contributed by atoms with Gasteiger partial charge in [0.25, 0.3) is 5.91 Å². The number of rotatable bonds is 3. The predicted molar refractivity (Wildman–Crippen MR) is 100 cm³/mol. The highest BCUT2D eigenvalue weighted by atomic mass is 16.5. The molecule has 7 nitrogen and oxygen atoms in total. The first kappa shape index (κ1) is 19.4. The van der Waals surface area contributed by atoms with Crippen molar-refractivity contribution in [1.29, 1.82) is 0 Å². The molecule has 2 heterocycles. The maximum atomic E-state index is 13.0. The summed E-state index contributed by atoms with van der Waals surface area (Å²) in [5.41, 5.74) is 0.304. The molecule has 2 aliphatic rings. The lowest BCUT2D eigenvalue weighted by Crippen LogP contribution is -2.62. The number of nitrogens with one attached hydrogen (secondary N) is 2. The number of likely N-dealkylation sites (tertiary alicyclic amines) is 1. The van der Waals surface area contributed by atoms with Gasteiger partial charge in [-0.1, -0.05) is 18.2 Å². The van der Waals surface area contributed by atoms with E-state index in [0.29, 0.717) is 12.0 Å². The Kier molecular flexibility index (Phi) is 4.99. The van der Waals surface area contributed by atoms with Crippen molar-refractivity contribution in [2.45, 2.75) is 38.3 Å². The molecule has 7 heteroatoms. The molecule has 1 saturated heterocycles. The molecule has 2 aliphatic heterocycles. The van der Waals surface area contributed by atoms with E-state index in [1.807, 2.05) is 39.0 Å². The standard InChI is InChI=1S/C20H27N3O4/c1-19(2,3)21-18(26)15-10-23(16(24)11-27-4)12-20(15)9-13-7-5-6-8-14(13)17(25)22-20/h5-8,15H,9-12H2,1-4H3,(H,21,26)(H,22,25)/t15-,20+/m0/s1. The molecule has 1 aromatic rings. The van der Waals surface area contributed by atoms with Crippen LogP contribution in [0.2, 0.25) is 0 Å². The van der Waals surface area contributed by atoms with Crippen LogP contribution in [0.15, 0.2) is 24.3 Å². The number of hydrogen-bond acceptors (Lipinski definition) is 4. The number of hydrogen-bond donors (Lipinski definition) is 2. The summed E-state index contributed by atoms with van der Waals surface area (Å²) in [7, 11) is 1.46. The Balaban J connectivity index is 1.95. The van der Waals surface area contributed by atoms with Crippen LogP contribution in [0.25, 0.3) is 0 Å². The summed E-state index contributed by atoms with van der Waals surface area (Å²) in [6.45, 7) is 6.23. The monoisotopic (exact) mass is 373 g/mol. The van der Waals surface area contributed by atoms with Crippen LogP contribution in [0.4, 0.5) is 0 Å². The van der Waals surface area contributed by atoms with Crippen molar-refractivity contribution in [2.24, 2.45) is 5.92 Å². The number of carbonyl (C=O) groups excluding carboxylic acids is 3. The van der Waals surface area contributed by atoms with Crippen LogP contribution in [0.1, 0.15) is 36.7 Å². The van der Waals surface area contributed by atoms with Gasteiger partial charge in [-0.15, -0.1) is 0 Å². The summed E-state index contributed by atoms with van der Waals surface area (Å²) in [6, 6.07) is 7.40. The minimum atomic E-state index is -0.815. The zero-order valence-electron chi connectivity index (χ0n) is 16.3. The number of ether oxygens (including phenoxy) is 1. The molecule has 0 radical (unpaired) electrons. The number of amides is 3. The molecule has 3 amide bonds. The molecule has 1 aromatic carbocycles. The zero-order chi connectivity index (χ0) is 19.8. The van der Waals surface area contributed by atoms with E-state index in [9.17, 15) is 14.4 Å². The van der Waals surface area contributed by atoms with Gasteiger partial charge in [-0.05, 0) is 38.8 Å². The molecule has 1 spiro atoms. The molecule has 146 valence electrons. The van der Waals surface area contributed by atoms with Gasteiger partial charge >= 0.3 is 0 Å². The third kappa shape index (κ3) is 3.83. The van der Waals surface area contributed by atoms with Crippen LogP contribution >= 0.6 is 0 Å². The lowest BCUT2D eigenvalue weighted by Gasteiger charge is -2.39. The first-order valence-corrected chi connectivity index (χ1v) is 9.14. The van der Waals surface area contributed by atoms with Crippen LogP contribution in [-0.4, -0.2) is 60.5 Å². The Labute approximate surface area is 159 Å². The van der Waals surface area contributed by atoms with Crippen molar-refractivity contribution in [3.63, 3.8) is 0 Å². The summed E-state index contributed by atoms with van der Waals surface area (Å²) >= 11 is 0. The van der Waals surface area contributed by atoms with Crippen molar-refractivity contribution in [2.75, 3.05) is 26.8 Å². The fourth-order valence-corrected chi connectivity index (χ4v) is 3.98. The third-order valence-corrected chi connectivity index (χ3v) is 5.11. The van der Waals surface area contributed by atoms with E-state index < -0.39 is 17.0 Å². The van der Waals surface area contributed by atoms with Crippen LogP contribution < -0.4 is 10.6 Å². The second kappa shape index (κ2) is 6.96. The van der Waals surface area contributed by atoms with Gasteiger partial charge in [0.1, 0.15) is 6.61 Å². The minimum absolute atomic E-state index is 0.0474. The number of methoxy groups -OCH3 is 1. The molecule has 0 bridgehead atoms. The number of carbonyl (C=O) groups is 3. The van der Waals surface area contributed by atoms with Gasteiger partial charge in [0, 0.05) is 31.3 Å². The van der Waals surface area contributed by atoms with Gasteiger partial charge in [-0.25, -0.2) is 0 Å². The molecule has 0 unspecified atom stereocenters. The Bertz CT molecular complexity index is 771. The molecule has 3 rings (SSSR count). The zero-order valence-corrected chi connectivity index (χ0v) is 16.3. The SMILES string of the molecule is COCC(=O)N1C[C@@H](C(=O)NC(C)(C)C)[C@@]2(Cc3ccccc3C(=O)N2)C1. The van der Waals surface area contributed by atoms with E-state index in [4.69, 9.17) is 4.74 Å². The predicted octanol–water partition coefficient (Wildman–Crippen LogP) is 0.731. The van der Waals surface area contributed by atoms with Gasteiger partial charge in [0.05, 0.1) is 11.5 Å². The molecule has 1 fully saturated rings. The number of nitrogens with zero attached hydrogens (tertiary/aromatic N) is 1. The molecule has 0 aliphatic carbocycles. The summed E-state index contributed by atoms with van der Waals surface area (Å²) in [5, 5.41) is 6.06. The molecular weight excluding hydrogens is 346 g/mol. The molecule has 27 heavy (non-hydrogen) atoms. The maximum Gasteiger partial charge on any atom is 0.252 e. The molecule has 2 atom stereocenters. The van der Waals surface area contributed by atoms with E-state index in [2.05, 4.69) is 10.6 Å². The summed E-state index contributed by atoms with van der Waals surface area (Å²) < 4.78 is 4.97. The van der Waals surface area contributed by atoms with E-state index in [1.54, 1.807) is 11.0 Å². The quantitative estimate of drug-likeness (QED) is 0.818. The Morgan fingerprint density at radius 2 is 2.04 bits per heavy atom. The molecule has 0 saturated carbocycles. The Hall–Kier alpha value is -2.41. The van der Waals surface area contributed by atoms with Crippen molar-refractivity contribution >= 4 is 17.7 Å². The fourth-order valence-electron chi connectivity index (χ4n) is 3.98. The van der Waals surface area contributed by atoms with Crippen molar-refractivity contribution in [3.05, 3.63) is 35.4 Å². The van der Waals surface area contributed by atoms with Gasteiger partial charge in [-0.3, -0.25) is 14.4 Å². The molecule has 0 aromatic heterocycles. The summed E-state index contributed by atoms with van der Waals surface area (Å²) in [4.78, 5) is 39.8. The summed E-state index contributed by atoms with van der Waals surface area (Å²) in [5.74, 6) is -1.08. The molecule has 2 N–H and O–H groups in total. The maximum absolute atomic E-state index is 13.0. The minimum Gasteiger partial charge on any atom is -0.375 e. The normalized spacial score (nSPS) is 24.5. The van der Waals surface area contributed by atoms with E-state index in [0.717, 1.165) is 5.56 Å². The average Bonchev–Trinajstić information content (AvgIpc) is 2.92. The highest BCUT2D eigenvalue weighted by Gasteiger charge is 2.54. The highest BCUT2D eigenvalue weighted by Crippen LogP contribution is 2.36. The Morgan fingerprint density at radius 1 is 1.33 bits per heavy atom. The fraction of sp³-hybridized carbons (Fsp3) is 0.550.